The lowest BCUT2D eigenvalue weighted by molar-refractivity contribution is 0.0287. The Morgan fingerprint density at radius 1 is 1.45 bits per heavy atom. The molecule has 0 aromatic heterocycles. The van der Waals surface area contributed by atoms with Crippen molar-refractivity contribution in [2.24, 2.45) is 0 Å². The number of rotatable bonds is 2. The van der Waals surface area contributed by atoms with Crippen molar-refractivity contribution >= 4 is 18.2 Å². The number of hydrogen-bond acceptors (Lipinski definition) is 2. The lowest BCUT2D eigenvalue weighted by Gasteiger charge is -2.35. The van der Waals surface area contributed by atoms with Crippen molar-refractivity contribution in [1.29, 1.82) is 0 Å². The lowest BCUT2D eigenvalue weighted by atomic mass is 10.2. The molecule has 1 heterocycles. The molecular formula is C7H16O2Si2. The fourth-order valence-corrected chi connectivity index (χ4v) is 4.35. The van der Waals surface area contributed by atoms with Crippen LogP contribution in [0.25, 0.3) is 0 Å². The molecule has 1 fully saturated rings. The molecule has 1 saturated heterocycles. The van der Waals surface area contributed by atoms with Gasteiger partial charge >= 0.3 is 0 Å². The molecule has 0 aliphatic carbocycles. The SMILES string of the molecule is C[SiH](C)C1([SiH]=O)CCCCO1. The molecule has 0 N–H and O–H groups in total. The quantitative estimate of drug-likeness (QED) is 0.596. The number of ether oxygens (including phenoxy) is 1. The fraction of sp³-hybridized carbons (Fsp3) is 1.00. The maximum Gasteiger partial charge on any atom is 0.290 e. The van der Waals surface area contributed by atoms with Gasteiger partial charge in [-0.3, -0.25) is 0 Å². The van der Waals surface area contributed by atoms with E-state index in [-0.39, 0.29) is 4.85 Å². The summed E-state index contributed by atoms with van der Waals surface area (Å²) in [5.74, 6) is 0. The van der Waals surface area contributed by atoms with E-state index in [0.29, 0.717) is 0 Å². The van der Waals surface area contributed by atoms with E-state index < -0.39 is 18.2 Å². The Bertz CT molecular complexity index is 141. The first-order chi connectivity index (χ1) is 5.21. The van der Waals surface area contributed by atoms with Crippen LogP contribution in [0.1, 0.15) is 19.3 Å². The van der Waals surface area contributed by atoms with E-state index in [9.17, 15) is 4.46 Å². The molecule has 0 saturated carbocycles. The Kier molecular flexibility index (Phi) is 3.15. The predicted octanol–water partition coefficient (Wildman–Crippen LogP) is 0.691. The Balaban J connectivity index is 2.64. The van der Waals surface area contributed by atoms with Crippen molar-refractivity contribution in [3.05, 3.63) is 0 Å². The van der Waals surface area contributed by atoms with Crippen LogP contribution in [-0.2, 0) is 9.20 Å². The molecule has 1 unspecified atom stereocenters. The highest BCUT2D eigenvalue weighted by atomic mass is 28.3. The van der Waals surface area contributed by atoms with Crippen molar-refractivity contribution in [1.82, 2.24) is 0 Å². The summed E-state index contributed by atoms with van der Waals surface area (Å²) in [6, 6.07) is 0. The average molecular weight is 188 g/mol. The summed E-state index contributed by atoms with van der Waals surface area (Å²) in [4.78, 5) is -0.113. The molecule has 64 valence electrons. The fourth-order valence-electron chi connectivity index (χ4n) is 1.52. The molecule has 1 rings (SSSR count). The number of hydrogen-bond donors (Lipinski definition) is 0. The van der Waals surface area contributed by atoms with Gasteiger partial charge in [0.15, 0.2) is 0 Å². The van der Waals surface area contributed by atoms with E-state index in [2.05, 4.69) is 13.1 Å². The Labute approximate surface area is 71.8 Å². The molecule has 1 aliphatic heterocycles. The highest BCUT2D eigenvalue weighted by Crippen LogP contribution is 2.24. The van der Waals surface area contributed by atoms with Crippen LogP contribution in [0.15, 0.2) is 0 Å². The average Bonchev–Trinajstić information content (AvgIpc) is 2.05. The van der Waals surface area contributed by atoms with Gasteiger partial charge in [-0.15, -0.1) is 0 Å². The summed E-state index contributed by atoms with van der Waals surface area (Å²) in [6.07, 6.45) is 3.42. The molecule has 11 heavy (non-hydrogen) atoms. The van der Waals surface area contributed by atoms with Gasteiger partial charge in [-0.2, -0.15) is 0 Å². The predicted molar refractivity (Wildman–Crippen MR) is 49.2 cm³/mol. The van der Waals surface area contributed by atoms with Gasteiger partial charge < -0.3 is 9.20 Å². The Morgan fingerprint density at radius 3 is 2.45 bits per heavy atom. The molecule has 1 aliphatic rings. The van der Waals surface area contributed by atoms with E-state index >= 15 is 0 Å². The van der Waals surface area contributed by atoms with E-state index in [1.807, 2.05) is 0 Å². The minimum absolute atomic E-state index is 0.113. The minimum atomic E-state index is -0.885. The monoisotopic (exact) mass is 188 g/mol. The maximum absolute atomic E-state index is 11.0. The summed E-state index contributed by atoms with van der Waals surface area (Å²) in [7, 11) is -1.61. The van der Waals surface area contributed by atoms with Crippen LogP contribution in [0.4, 0.5) is 0 Å². The van der Waals surface area contributed by atoms with E-state index in [1.54, 1.807) is 0 Å². The molecule has 0 amide bonds. The third kappa shape index (κ3) is 1.86. The van der Waals surface area contributed by atoms with Crippen molar-refractivity contribution in [2.45, 2.75) is 37.2 Å². The molecule has 0 bridgehead atoms. The van der Waals surface area contributed by atoms with Crippen LogP contribution in [0.5, 0.6) is 0 Å². The van der Waals surface area contributed by atoms with Gasteiger partial charge in [0.2, 0.25) is 0 Å². The van der Waals surface area contributed by atoms with Crippen molar-refractivity contribution in [3.8, 4) is 0 Å². The summed E-state index contributed by atoms with van der Waals surface area (Å²) < 4.78 is 16.7. The summed E-state index contributed by atoms with van der Waals surface area (Å²) in [5, 5.41) is 0. The third-order valence-corrected chi connectivity index (χ3v) is 8.18. The van der Waals surface area contributed by atoms with Crippen LogP contribution in [0.2, 0.25) is 13.1 Å². The molecule has 2 nitrogen and oxygen atoms in total. The van der Waals surface area contributed by atoms with E-state index in [4.69, 9.17) is 4.74 Å². The second-order valence-corrected chi connectivity index (χ2v) is 8.70. The van der Waals surface area contributed by atoms with Crippen LogP contribution in [-0.4, -0.2) is 29.7 Å². The van der Waals surface area contributed by atoms with Crippen LogP contribution < -0.4 is 0 Å². The molecular weight excluding hydrogens is 172 g/mol. The van der Waals surface area contributed by atoms with Gasteiger partial charge in [0, 0.05) is 6.61 Å². The third-order valence-electron chi connectivity index (χ3n) is 2.51. The molecule has 0 radical (unpaired) electrons. The first-order valence-electron chi connectivity index (χ1n) is 4.31. The van der Waals surface area contributed by atoms with Gasteiger partial charge in [-0.25, -0.2) is 0 Å². The molecule has 0 spiro atoms. The Morgan fingerprint density at radius 2 is 2.18 bits per heavy atom. The van der Waals surface area contributed by atoms with E-state index in [1.165, 1.54) is 6.42 Å². The van der Waals surface area contributed by atoms with Crippen LogP contribution in [0, 0.1) is 0 Å². The van der Waals surface area contributed by atoms with Crippen molar-refractivity contribution < 1.29 is 9.20 Å². The standard InChI is InChI=1S/C7H16O2Si2/c1-11(2)7(10-8)5-3-4-6-9-7/h10-11H,3-6H2,1-2H3. The second kappa shape index (κ2) is 3.73. The van der Waals surface area contributed by atoms with Gasteiger partial charge in [-0.1, -0.05) is 13.1 Å². The van der Waals surface area contributed by atoms with Crippen molar-refractivity contribution in [3.63, 3.8) is 0 Å². The van der Waals surface area contributed by atoms with Gasteiger partial charge in [0.05, 0.1) is 13.6 Å². The van der Waals surface area contributed by atoms with Gasteiger partial charge in [-0.05, 0) is 19.3 Å². The normalized spacial score (nSPS) is 32.3. The lowest BCUT2D eigenvalue weighted by Crippen LogP contribution is -2.49. The summed E-state index contributed by atoms with van der Waals surface area (Å²) in [6.45, 7) is 5.30. The van der Waals surface area contributed by atoms with Crippen molar-refractivity contribution in [2.75, 3.05) is 6.61 Å². The van der Waals surface area contributed by atoms with Crippen LogP contribution >= 0.6 is 0 Å². The molecule has 4 heteroatoms. The summed E-state index contributed by atoms with van der Waals surface area (Å²) in [5.41, 5.74) is 0. The zero-order valence-electron chi connectivity index (χ0n) is 7.30. The van der Waals surface area contributed by atoms with Gasteiger partial charge in [0.25, 0.3) is 9.41 Å². The van der Waals surface area contributed by atoms with Crippen LogP contribution in [0.3, 0.4) is 0 Å². The highest BCUT2D eigenvalue weighted by Gasteiger charge is 2.37. The van der Waals surface area contributed by atoms with E-state index in [0.717, 1.165) is 19.4 Å². The maximum atomic E-state index is 11.0. The smallest absolute Gasteiger partial charge is 0.290 e. The zero-order valence-corrected chi connectivity index (χ0v) is 9.61. The highest BCUT2D eigenvalue weighted by molar-refractivity contribution is 6.69. The first-order valence-corrected chi connectivity index (χ1v) is 8.25. The second-order valence-electron chi connectivity index (χ2n) is 3.53. The zero-order chi connectivity index (χ0) is 8.32. The molecule has 0 aromatic rings. The first kappa shape index (κ1) is 9.28. The summed E-state index contributed by atoms with van der Waals surface area (Å²) >= 11 is 0. The minimum Gasteiger partial charge on any atom is -0.389 e. The largest absolute Gasteiger partial charge is 0.389 e. The Hall–Kier alpha value is 0.194. The molecule has 1 atom stereocenters. The van der Waals surface area contributed by atoms with Gasteiger partial charge in [0.1, 0.15) is 0 Å². The topological polar surface area (TPSA) is 26.3 Å². The molecule has 0 aromatic carbocycles.